The van der Waals surface area contributed by atoms with Gasteiger partial charge in [-0.2, -0.15) is 5.10 Å². The summed E-state index contributed by atoms with van der Waals surface area (Å²) in [6, 6.07) is 9.38. The first-order valence-electron chi connectivity index (χ1n) is 8.29. The van der Waals surface area contributed by atoms with E-state index < -0.39 is 0 Å². The minimum Gasteiger partial charge on any atom is -0.497 e. The minimum absolute atomic E-state index is 0.0505. The number of aromatic nitrogens is 2. The Morgan fingerprint density at radius 1 is 1.27 bits per heavy atom. The topological polar surface area (TPSA) is 78.5 Å². The fourth-order valence-corrected chi connectivity index (χ4v) is 3.27. The van der Waals surface area contributed by atoms with Gasteiger partial charge < -0.3 is 19.2 Å². The first-order valence-corrected chi connectivity index (χ1v) is 8.29. The number of fused-ring (bicyclic) bond motifs is 1. The number of nitrogens with one attached hydrogen (secondary N) is 1. The molecule has 1 aromatic carbocycles. The van der Waals surface area contributed by atoms with Gasteiger partial charge in [0.15, 0.2) is 0 Å². The molecule has 1 atom stereocenters. The monoisotopic (exact) mass is 353 g/mol. The number of furan rings is 1. The van der Waals surface area contributed by atoms with Crippen molar-refractivity contribution in [1.29, 1.82) is 0 Å². The summed E-state index contributed by atoms with van der Waals surface area (Å²) in [6.45, 7) is 0.455. The molecular formula is C19H19N3O4. The predicted molar refractivity (Wildman–Crippen MR) is 94.7 cm³/mol. The highest BCUT2D eigenvalue weighted by atomic mass is 16.5. The van der Waals surface area contributed by atoms with E-state index in [1.165, 1.54) is 0 Å². The molecule has 0 saturated heterocycles. The smallest absolute Gasteiger partial charge is 0.226 e. The zero-order chi connectivity index (χ0) is 18.1. The number of ether oxygens (including phenoxy) is 2. The van der Waals surface area contributed by atoms with Gasteiger partial charge in [0.25, 0.3) is 0 Å². The fraction of sp³-hybridized carbons (Fsp3) is 0.263. The van der Waals surface area contributed by atoms with Crippen molar-refractivity contribution in [2.24, 2.45) is 0 Å². The molecule has 0 saturated carbocycles. The Hall–Kier alpha value is -3.22. The number of hydrogen-bond acceptors (Lipinski definition) is 5. The molecule has 3 aromatic rings. The normalized spacial score (nSPS) is 16.1. The Morgan fingerprint density at radius 2 is 2.04 bits per heavy atom. The van der Waals surface area contributed by atoms with Crippen LogP contribution in [0.4, 0.5) is 5.82 Å². The number of rotatable bonds is 5. The van der Waals surface area contributed by atoms with Crippen LogP contribution in [0.25, 0.3) is 0 Å². The highest BCUT2D eigenvalue weighted by Gasteiger charge is 2.30. The van der Waals surface area contributed by atoms with E-state index >= 15 is 0 Å². The van der Waals surface area contributed by atoms with E-state index in [-0.39, 0.29) is 11.8 Å². The van der Waals surface area contributed by atoms with Gasteiger partial charge in [0.05, 0.1) is 26.7 Å². The zero-order valence-corrected chi connectivity index (χ0v) is 14.6. The standard InChI is InChI=1S/C19H19N3O4/c1-24-14-6-12(7-15(8-14)25-2)16-9-18(23)21-19-17(16)10-20-22(19)11-13-4-3-5-26-13/h3-8,10,16H,9,11H2,1-2H3,(H,21,23)/t16-/m1/s1. The summed E-state index contributed by atoms with van der Waals surface area (Å²) in [5.74, 6) is 2.68. The lowest BCUT2D eigenvalue weighted by molar-refractivity contribution is -0.116. The van der Waals surface area contributed by atoms with Crippen LogP contribution < -0.4 is 14.8 Å². The van der Waals surface area contributed by atoms with Gasteiger partial charge in [-0.1, -0.05) is 0 Å². The van der Waals surface area contributed by atoms with E-state index in [0.29, 0.717) is 30.3 Å². The van der Waals surface area contributed by atoms with E-state index in [1.54, 1.807) is 31.4 Å². The van der Waals surface area contributed by atoms with Crippen molar-refractivity contribution in [3.8, 4) is 11.5 Å². The highest BCUT2D eigenvalue weighted by Crippen LogP contribution is 2.39. The molecular weight excluding hydrogens is 334 g/mol. The van der Waals surface area contributed by atoms with E-state index in [1.807, 2.05) is 30.3 Å². The van der Waals surface area contributed by atoms with Crippen LogP contribution in [0.1, 0.15) is 29.2 Å². The zero-order valence-electron chi connectivity index (χ0n) is 14.6. The summed E-state index contributed by atoms with van der Waals surface area (Å²) in [4.78, 5) is 12.3. The molecule has 0 bridgehead atoms. The molecule has 2 aromatic heterocycles. The van der Waals surface area contributed by atoms with Crippen LogP contribution in [-0.2, 0) is 11.3 Å². The summed E-state index contributed by atoms with van der Waals surface area (Å²) in [5, 5.41) is 7.38. The third-order valence-electron chi connectivity index (χ3n) is 4.55. The van der Waals surface area contributed by atoms with Crippen molar-refractivity contribution in [1.82, 2.24) is 9.78 Å². The van der Waals surface area contributed by atoms with Gasteiger partial charge >= 0.3 is 0 Å². The second-order valence-corrected chi connectivity index (χ2v) is 6.14. The van der Waals surface area contributed by atoms with Crippen LogP contribution in [0.5, 0.6) is 11.5 Å². The second kappa shape index (κ2) is 6.59. The van der Waals surface area contributed by atoms with Gasteiger partial charge in [0.2, 0.25) is 5.91 Å². The Labute approximate surface area is 150 Å². The molecule has 3 heterocycles. The van der Waals surface area contributed by atoms with Gasteiger partial charge in [0, 0.05) is 24.0 Å². The van der Waals surface area contributed by atoms with Crippen molar-refractivity contribution in [3.63, 3.8) is 0 Å². The molecule has 7 nitrogen and oxygen atoms in total. The Morgan fingerprint density at radius 3 is 2.69 bits per heavy atom. The molecule has 1 N–H and O–H groups in total. The molecule has 0 unspecified atom stereocenters. The van der Waals surface area contributed by atoms with Gasteiger partial charge in [-0.15, -0.1) is 0 Å². The largest absolute Gasteiger partial charge is 0.497 e. The van der Waals surface area contributed by atoms with Gasteiger partial charge in [0.1, 0.15) is 29.6 Å². The van der Waals surface area contributed by atoms with Crippen LogP contribution in [0.3, 0.4) is 0 Å². The minimum atomic E-state index is -0.117. The third kappa shape index (κ3) is 2.92. The molecule has 1 amide bonds. The lowest BCUT2D eigenvalue weighted by Gasteiger charge is -2.24. The number of hydrogen-bond donors (Lipinski definition) is 1. The highest BCUT2D eigenvalue weighted by molar-refractivity contribution is 5.94. The average molecular weight is 353 g/mol. The fourth-order valence-electron chi connectivity index (χ4n) is 3.27. The summed E-state index contributed by atoms with van der Waals surface area (Å²) >= 11 is 0. The summed E-state index contributed by atoms with van der Waals surface area (Å²) in [5.41, 5.74) is 1.92. The van der Waals surface area contributed by atoms with Crippen LogP contribution >= 0.6 is 0 Å². The lowest BCUT2D eigenvalue weighted by atomic mass is 9.87. The first kappa shape index (κ1) is 16.3. The van der Waals surface area contributed by atoms with Crippen LogP contribution in [0.2, 0.25) is 0 Å². The number of amides is 1. The maximum atomic E-state index is 12.3. The van der Waals surface area contributed by atoms with Crippen molar-refractivity contribution in [2.45, 2.75) is 18.9 Å². The molecule has 1 aliphatic heterocycles. The molecule has 0 radical (unpaired) electrons. The molecule has 134 valence electrons. The van der Waals surface area contributed by atoms with Crippen LogP contribution in [-0.4, -0.2) is 29.9 Å². The van der Waals surface area contributed by atoms with Crippen molar-refractivity contribution in [2.75, 3.05) is 19.5 Å². The van der Waals surface area contributed by atoms with Gasteiger partial charge in [-0.05, 0) is 29.8 Å². The van der Waals surface area contributed by atoms with Gasteiger partial charge in [-0.25, -0.2) is 4.68 Å². The molecule has 0 spiro atoms. The second-order valence-electron chi connectivity index (χ2n) is 6.14. The SMILES string of the molecule is COc1cc(OC)cc([C@H]2CC(=O)Nc3c2cnn3Cc2ccco2)c1. The van der Waals surface area contributed by atoms with E-state index in [0.717, 1.165) is 16.9 Å². The maximum Gasteiger partial charge on any atom is 0.226 e. The molecule has 0 fully saturated rings. The molecule has 26 heavy (non-hydrogen) atoms. The van der Waals surface area contributed by atoms with Crippen LogP contribution in [0, 0.1) is 0 Å². The summed E-state index contributed by atoms with van der Waals surface area (Å²) < 4.78 is 17.9. The Kier molecular flexibility index (Phi) is 4.12. The van der Waals surface area contributed by atoms with Gasteiger partial charge in [-0.3, -0.25) is 4.79 Å². The number of carbonyl (C=O) groups is 1. The van der Waals surface area contributed by atoms with Crippen molar-refractivity contribution < 1.29 is 18.7 Å². The number of anilines is 1. The average Bonchev–Trinajstić information content (AvgIpc) is 3.31. The van der Waals surface area contributed by atoms with E-state index in [4.69, 9.17) is 13.9 Å². The number of methoxy groups -OCH3 is 2. The molecule has 4 rings (SSSR count). The first-order chi connectivity index (χ1) is 12.7. The maximum absolute atomic E-state index is 12.3. The Balaban J connectivity index is 1.74. The van der Waals surface area contributed by atoms with E-state index in [9.17, 15) is 4.79 Å². The summed E-state index contributed by atoms with van der Waals surface area (Å²) in [7, 11) is 3.22. The van der Waals surface area contributed by atoms with Crippen molar-refractivity contribution in [3.05, 3.63) is 59.7 Å². The van der Waals surface area contributed by atoms with Crippen molar-refractivity contribution >= 4 is 11.7 Å². The quantitative estimate of drug-likeness (QED) is 0.763. The molecule has 1 aliphatic rings. The number of carbonyl (C=O) groups excluding carboxylic acids is 1. The van der Waals surface area contributed by atoms with Crippen LogP contribution in [0.15, 0.2) is 47.2 Å². The summed E-state index contributed by atoms with van der Waals surface area (Å²) in [6.07, 6.45) is 3.76. The predicted octanol–water partition coefficient (Wildman–Crippen LogP) is 3.02. The van der Waals surface area contributed by atoms with E-state index in [2.05, 4.69) is 10.4 Å². The number of benzene rings is 1. The molecule has 0 aliphatic carbocycles. The third-order valence-corrected chi connectivity index (χ3v) is 4.55. The Bertz CT molecular complexity index is 908. The lowest BCUT2D eigenvalue weighted by Crippen LogP contribution is -2.25. The molecule has 7 heteroatoms. The number of nitrogens with zero attached hydrogens (tertiary/aromatic N) is 2.